The van der Waals surface area contributed by atoms with Gasteiger partial charge in [-0.05, 0) is 12.8 Å². The molecule has 0 fully saturated rings. The van der Waals surface area contributed by atoms with Crippen molar-refractivity contribution in [2.75, 3.05) is 0 Å². The van der Waals surface area contributed by atoms with E-state index >= 15 is 0 Å². The van der Waals surface area contributed by atoms with Crippen molar-refractivity contribution in [3.05, 3.63) is 12.3 Å². The Balaban J connectivity index is 2.99. The Kier molecular flexibility index (Phi) is 28.1. The summed E-state index contributed by atoms with van der Waals surface area (Å²) in [5, 5.41) is 0. The van der Waals surface area contributed by atoms with Gasteiger partial charge in [-0.3, -0.25) is 0 Å². The second-order valence-electron chi connectivity index (χ2n) is 9.66. The quantitative estimate of drug-likeness (QED) is 0.124. The van der Waals surface area contributed by atoms with Crippen LogP contribution in [-0.4, -0.2) is 0 Å². The summed E-state index contributed by atoms with van der Waals surface area (Å²) >= 11 is 0. The van der Waals surface area contributed by atoms with E-state index in [9.17, 15) is 0 Å². The van der Waals surface area contributed by atoms with Gasteiger partial charge in [0.05, 0.1) is 0 Å². The van der Waals surface area contributed by atoms with Crippen LogP contribution < -0.4 is 5.73 Å². The SMILES string of the molecule is CCCCCCCCCCCCCCCCCCCCCCCCCCCC=C[N]. The molecule has 2 radical (unpaired) electrons. The fourth-order valence-corrected chi connectivity index (χ4v) is 4.48. The number of unbranched alkanes of at least 4 members (excludes halogenated alkanes) is 25. The van der Waals surface area contributed by atoms with Gasteiger partial charge in [-0.15, -0.1) is 0 Å². The van der Waals surface area contributed by atoms with Crippen molar-refractivity contribution in [1.82, 2.24) is 5.73 Å². The Hall–Kier alpha value is -0.460. The minimum absolute atomic E-state index is 1.04. The van der Waals surface area contributed by atoms with Crippen molar-refractivity contribution in [2.45, 2.75) is 174 Å². The van der Waals surface area contributed by atoms with Crippen molar-refractivity contribution in [2.24, 2.45) is 0 Å². The van der Waals surface area contributed by atoms with Gasteiger partial charge in [-0.2, -0.15) is 5.73 Å². The third-order valence-electron chi connectivity index (χ3n) is 6.58. The van der Waals surface area contributed by atoms with Crippen LogP contribution >= 0.6 is 0 Å². The zero-order chi connectivity index (χ0) is 21.8. The molecule has 178 valence electrons. The molecule has 0 rings (SSSR count). The lowest BCUT2D eigenvalue weighted by atomic mass is 10.0. The average molecular weight is 420 g/mol. The molecular formula is C29H57N. The van der Waals surface area contributed by atoms with E-state index in [4.69, 9.17) is 5.73 Å². The number of hydrogen-bond acceptors (Lipinski definition) is 0. The van der Waals surface area contributed by atoms with Crippen LogP contribution in [0.4, 0.5) is 0 Å². The predicted molar refractivity (Wildman–Crippen MR) is 137 cm³/mol. The first-order chi connectivity index (χ1) is 14.9. The molecule has 0 bridgehead atoms. The maximum absolute atomic E-state index is 8.57. The first-order valence-corrected chi connectivity index (χ1v) is 14.2. The molecule has 1 nitrogen and oxygen atoms in total. The lowest BCUT2D eigenvalue weighted by Crippen LogP contribution is -1.84. The molecule has 0 unspecified atom stereocenters. The molecule has 0 amide bonds. The van der Waals surface area contributed by atoms with E-state index in [1.54, 1.807) is 0 Å². The molecular weight excluding hydrogens is 362 g/mol. The molecule has 0 aliphatic rings. The number of nitrogens with zero attached hydrogens (tertiary/aromatic N) is 1. The van der Waals surface area contributed by atoms with Gasteiger partial charge in [0.15, 0.2) is 0 Å². The zero-order valence-corrected chi connectivity index (χ0v) is 21.0. The Morgan fingerprint density at radius 3 is 0.833 bits per heavy atom. The largest absolute Gasteiger partial charge is 0.160 e. The van der Waals surface area contributed by atoms with Gasteiger partial charge in [0.2, 0.25) is 0 Å². The zero-order valence-electron chi connectivity index (χ0n) is 21.0. The summed E-state index contributed by atoms with van der Waals surface area (Å²) < 4.78 is 0. The van der Waals surface area contributed by atoms with Crippen molar-refractivity contribution in [3.8, 4) is 0 Å². The molecule has 0 heterocycles. The Labute approximate surface area is 192 Å². The summed E-state index contributed by atoms with van der Waals surface area (Å²) in [4.78, 5) is 0. The fourth-order valence-electron chi connectivity index (χ4n) is 4.48. The summed E-state index contributed by atoms with van der Waals surface area (Å²) in [6.07, 6.45) is 40.1. The molecule has 0 N–H and O–H groups in total. The molecule has 0 atom stereocenters. The third kappa shape index (κ3) is 27.5. The summed E-state index contributed by atoms with van der Waals surface area (Å²) in [7, 11) is 0. The highest BCUT2D eigenvalue weighted by Gasteiger charge is 1.96. The third-order valence-corrected chi connectivity index (χ3v) is 6.58. The topological polar surface area (TPSA) is 22.3 Å². The monoisotopic (exact) mass is 419 g/mol. The van der Waals surface area contributed by atoms with E-state index in [1.165, 1.54) is 167 Å². The van der Waals surface area contributed by atoms with Gasteiger partial charge in [-0.25, -0.2) is 0 Å². The summed E-state index contributed by atoms with van der Waals surface area (Å²) in [5.41, 5.74) is 8.57. The summed E-state index contributed by atoms with van der Waals surface area (Å²) in [6.45, 7) is 2.30. The molecule has 1 heteroatoms. The van der Waals surface area contributed by atoms with Gasteiger partial charge in [-0.1, -0.05) is 167 Å². The molecule has 0 aliphatic heterocycles. The van der Waals surface area contributed by atoms with E-state index in [1.807, 2.05) is 6.08 Å². The lowest BCUT2D eigenvalue weighted by molar-refractivity contribution is 0.516. The second-order valence-corrected chi connectivity index (χ2v) is 9.66. The van der Waals surface area contributed by atoms with Crippen LogP contribution in [0, 0.1) is 0 Å². The summed E-state index contributed by atoms with van der Waals surface area (Å²) in [5.74, 6) is 0. The van der Waals surface area contributed by atoms with Gasteiger partial charge in [0.1, 0.15) is 0 Å². The van der Waals surface area contributed by atoms with Gasteiger partial charge in [0, 0.05) is 6.20 Å². The fraction of sp³-hybridized carbons (Fsp3) is 0.931. The molecule has 0 spiro atoms. The van der Waals surface area contributed by atoms with Crippen LogP contribution in [0.1, 0.15) is 174 Å². The van der Waals surface area contributed by atoms with E-state index in [2.05, 4.69) is 6.92 Å². The first kappa shape index (κ1) is 29.5. The molecule has 0 saturated carbocycles. The smallest absolute Gasteiger partial charge is 0.0455 e. The van der Waals surface area contributed by atoms with Crippen LogP contribution in [0.3, 0.4) is 0 Å². The number of rotatable bonds is 26. The molecule has 0 saturated heterocycles. The summed E-state index contributed by atoms with van der Waals surface area (Å²) in [6, 6.07) is 0. The molecule has 0 aromatic heterocycles. The van der Waals surface area contributed by atoms with Crippen molar-refractivity contribution in [1.29, 1.82) is 0 Å². The Morgan fingerprint density at radius 2 is 0.600 bits per heavy atom. The maximum atomic E-state index is 8.57. The standard InChI is InChI=1S/C29H57N/c1-2-3-4-5-6-7-8-9-10-11-12-13-14-15-16-17-18-19-20-21-22-23-24-25-26-27-28-29-30/h28-29H,2-27H2,1H3. The van der Waals surface area contributed by atoms with Crippen LogP contribution in [0.25, 0.3) is 0 Å². The average Bonchev–Trinajstić information content (AvgIpc) is 2.76. The van der Waals surface area contributed by atoms with Crippen molar-refractivity contribution >= 4 is 0 Å². The lowest BCUT2D eigenvalue weighted by Gasteiger charge is -2.04. The minimum Gasteiger partial charge on any atom is -0.160 e. The van der Waals surface area contributed by atoms with E-state index in [-0.39, 0.29) is 0 Å². The van der Waals surface area contributed by atoms with Gasteiger partial charge < -0.3 is 0 Å². The highest BCUT2D eigenvalue weighted by Crippen LogP contribution is 2.15. The van der Waals surface area contributed by atoms with Gasteiger partial charge >= 0.3 is 0 Å². The molecule has 0 aromatic rings. The Bertz CT molecular complexity index is 309. The van der Waals surface area contributed by atoms with Gasteiger partial charge in [0.25, 0.3) is 0 Å². The maximum Gasteiger partial charge on any atom is 0.0455 e. The van der Waals surface area contributed by atoms with Crippen LogP contribution in [-0.2, 0) is 0 Å². The minimum atomic E-state index is 1.04. The second kappa shape index (κ2) is 28.5. The Morgan fingerprint density at radius 1 is 0.367 bits per heavy atom. The number of allylic oxidation sites excluding steroid dienone is 1. The highest BCUT2D eigenvalue weighted by molar-refractivity contribution is 4.74. The predicted octanol–water partition coefficient (Wildman–Crippen LogP) is 10.7. The molecule has 30 heavy (non-hydrogen) atoms. The van der Waals surface area contributed by atoms with Crippen molar-refractivity contribution in [3.63, 3.8) is 0 Å². The van der Waals surface area contributed by atoms with Crippen LogP contribution in [0.5, 0.6) is 0 Å². The molecule has 0 aromatic carbocycles. The van der Waals surface area contributed by atoms with E-state index in [0.29, 0.717) is 0 Å². The molecule has 0 aliphatic carbocycles. The highest BCUT2D eigenvalue weighted by atomic mass is 14.5. The normalized spacial score (nSPS) is 11.6. The van der Waals surface area contributed by atoms with Crippen LogP contribution in [0.2, 0.25) is 0 Å². The van der Waals surface area contributed by atoms with Crippen molar-refractivity contribution < 1.29 is 0 Å². The van der Waals surface area contributed by atoms with E-state index in [0.717, 1.165) is 6.42 Å². The number of hydrogen-bond donors (Lipinski definition) is 0. The van der Waals surface area contributed by atoms with E-state index < -0.39 is 0 Å². The van der Waals surface area contributed by atoms with Crippen LogP contribution in [0.15, 0.2) is 12.3 Å². The first-order valence-electron chi connectivity index (χ1n) is 14.2.